The normalized spacial score (nSPS) is 12.3. The molecule has 1 atom stereocenters. The maximum atomic E-state index is 9.94. The third kappa shape index (κ3) is 4.88. The van der Waals surface area contributed by atoms with Gasteiger partial charge in [-0.25, -0.2) is 0 Å². The van der Waals surface area contributed by atoms with E-state index in [0.29, 0.717) is 19.8 Å². The largest absolute Gasteiger partial charge is 0.389 e. The molecule has 0 aliphatic carbocycles. The Balaban J connectivity index is 1.71. The number of aromatic nitrogens is 2. The lowest BCUT2D eigenvalue weighted by atomic mass is 10.2. The molecule has 0 saturated carbocycles. The smallest absolute Gasteiger partial charge is 0.0945 e. The Kier molecular flexibility index (Phi) is 5.78. The minimum absolute atomic E-state index is 0.309. The molecule has 1 unspecified atom stereocenters. The number of anilines is 1. The first-order valence-corrected chi connectivity index (χ1v) is 7.25. The standard InChI is InChI=1S/C16H23N3O2/c1-3-15-16(10-19(2)18-15)17-9-14(20)12-21-11-13-7-5-4-6-8-13/h4-8,10,14,17,20H,3,9,11-12H2,1-2H3. The molecule has 2 N–H and O–H groups in total. The quantitative estimate of drug-likeness (QED) is 0.780. The molecule has 5 nitrogen and oxygen atoms in total. The van der Waals surface area contributed by atoms with E-state index in [4.69, 9.17) is 4.74 Å². The van der Waals surface area contributed by atoms with Crippen LogP contribution in [0.1, 0.15) is 18.2 Å². The van der Waals surface area contributed by atoms with Gasteiger partial charge in [-0.2, -0.15) is 5.10 Å². The highest BCUT2D eigenvalue weighted by Crippen LogP contribution is 2.13. The van der Waals surface area contributed by atoms with E-state index in [1.807, 2.05) is 43.6 Å². The number of hydrogen-bond donors (Lipinski definition) is 2. The number of benzene rings is 1. The Morgan fingerprint density at radius 2 is 2.10 bits per heavy atom. The average Bonchev–Trinajstić information content (AvgIpc) is 2.86. The van der Waals surface area contributed by atoms with E-state index in [1.54, 1.807) is 4.68 Å². The molecule has 2 rings (SSSR count). The van der Waals surface area contributed by atoms with Crippen molar-refractivity contribution in [3.05, 3.63) is 47.8 Å². The van der Waals surface area contributed by atoms with Crippen LogP contribution in [-0.4, -0.2) is 34.1 Å². The van der Waals surface area contributed by atoms with Gasteiger partial charge in [0.05, 0.1) is 30.7 Å². The number of nitrogens with zero attached hydrogens (tertiary/aromatic N) is 2. The molecule has 2 aromatic rings. The molecule has 0 radical (unpaired) electrons. The molecule has 0 saturated heterocycles. The zero-order valence-corrected chi connectivity index (χ0v) is 12.6. The summed E-state index contributed by atoms with van der Waals surface area (Å²) < 4.78 is 7.30. The van der Waals surface area contributed by atoms with E-state index in [1.165, 1.54) is 0 Å². The zero-order chi connectivity index (χ0) is 15.1. The van der Waals surface area contributed by atoms with Gasteiger partial charge in [0.15, 0.2) is 0 Å². The van der Waals surface area contributed by atoms with Crippen LogP contribution in [0, 0.1) is 0 Å². The van der Waals surface area contributed by atoms with E-state index in [9.17, 15) is 5.11 Å². The van der Waals surface area contributed by atoms with Gasteiger partial charge in [0.2, 0.25) is 0 Å². The summed E-state index contributed by atoms with van der Waals surface area (Å²) in [6, 6.07) is 9.94. The van der Waals surface area contributed by atoms with Crippen molar-refractivity contribution in [2.75, 3.05) is 18.5 Å². The first-order valence-electron chi connectivity index (χ1n) is 7.25. The van der Waals surface area contributed by atoms with E-state index < -0.39 is 6.10 Å². The molecule has 21 heavy (non-hydrogen) atoms. The first kappa shape index (κ1) is 15.5. The van der Waals surface area contributed by atoms with E-state index in [-0.39, 0.29) is 0 Å². The average molecular weight is 289 g/mol. The number of aliphatic hydroxyl groups is 1. The van der Waals surface area contributed by atoms with Crippen LogP contribution in [0.4, 0.5) is 5.69 Å². The molecule has 0 amide bonds. The van der Waals surface area contributed by atoms with Crippen molar-refractivity contribution in [3.8, 4) is 0 Å². The number of aliphatic hydroxyl groups excluding tert-OH is 1. The monoisotopic (exact) mass is 289 g/mol. The summed E-state index contributed by atoms with van der Waals surface area (Å²) in [6.07, 6.45) is 2.25. The topological polar surface area (TPSA) is 59.3 Å². The third-order valence-corrected chi connectivity index (χ3v) is 3.19. The van der Waals surface area contributed by atoms with Crippen molar-refractivity contribution < 1.29 is 9.84 Å². The van der Waals surface area contributed by atoms with Crippen LogP contribution in [0.15, 0.2) is 36.5 Å². The Hall–Kier alpha value is -1.85. The van der Waals surface area contributed by atoms with Crippen LogP contribution in [0.25, 0.3) is 0 Å². The minimum Gasteiger partial charge on any atom is -0.389 e. The van der Waals surface area contributed by atoms with Gasteiger partial charge in [0, 0.05) is 19.8 Å². The van der Waals surface area contributed by atoms with Gasteiger partial charge in [0.1, 0.15) is 0 Å². The summed E-state index contributed by atoms with van der Waals surface area (Å²) in [5, 5.41) is 17.5. The number of aryl methyl sites for hydroxylation is 2. The Labute approximate surface area is 125 Å². The first-order chi connectivity index (χ1) is 10.2. The van der Waals surface area contributed by atoms with Crippen LogP contribution < -0.4 is 5.32 Å². The molecule has 114 valence electrons. The molecule has 1 aromatic carbocycles. The van der Waals surface area contributed by atoms with Crippen molar-refractivity contribution >= 4 is 5.69 Å². The second-order valence-electron chi connectivity index (χ2n) is 5.05. The Bertz CT molecular complexity index is 540. The van der Waals surface area contributed by atoms with Crippen LogP contribution in [0.5, 0.6) is 0 Å². The van der Waals surface area contributed by atoms with Gasteiger partial charge in [0.25, 0.3) is 0 Å². The van der Waals surface area contributed by atoms with Crippen LogP contribution in [-0.2, 0) is 24.8 Å². The number of ether oxygens (including phenoxy) is 1. The van der Waals surface area contributed by atoms with Crippen LogP contribution >= 0.6 is 0 Å². The minimum atomic E-state index is -0.543. The van der Waals surface area contributed by atoms with Crippen molar-refractivity contribution in [2.24, 2.45) is 7.05 Å². The summed E-state index contributed by atoms with van der Waals surface area (Å²) >= 11 is 0. The lowest BCUT2D eigenvalue weighted by Crippen LogP contribution is -2.25. The maximum absolute atomic E-state index is 9.94. The highest BCUT2D eigenvalue weighted by atomic mass is 16.5. The third-order valence-electron chi connectivity index (χ3n) is 3.19. The fourth-order valence-electron chi connectivity index (χ4n) is 2.12. The van der Waals surface area contributed by atoms with Crippen molar-refractivity contribution in [1.29, 1.82) is 0 Å². The van der Waals surface area contributed by atoms with Crippen molar-refractivity contribution in [1.82, 2.24) is 9.78 Å². The second kappa shape index (κ2) is 7.81. The van der Waals surface area contributed by atoms with E-state index >= 15 is 0 Å². The zero-order valence-electron chi connectivity index (χ0n) is 12.6. The molecular weight excluding hydrogens is 266 g/mol. The number of nitrogens with one attached hydrogen (secondary N) is 1. The van der Waals surface area contributed by atoms with Gasteiger partial charge in [-0.15, -0.1) is 0 Å². The van der Waals surface area contributed by atoms with Crippen molar-refractivity contribution in [2.45, 2.75) is 26.1 Å². The molecule has 0 bridgehead atoms. The molecule has 0 aliphatic heterocycles. The lowest BCUT2D eigenvalue weighted by Gasteiger charge is -2.13. The van der Waals surface area contributed by atoms with Gasteiger partial charge < -0.3 is 15.2 Å². The predicted molar refractivity (Wildman–Crippen MR) is 83.2 cm³/mol. The molecule has 0 spiro atoms. The summed E-state index contributed by atoms with van der Waals surface area (Å²) in [5.41, 5.74) is 3.09. The van der Waals surface area contributed by atoms with Crippen LogP contribution in [0.3, 0.4) is 0 Å². The predicted octanol–water partition coefficient (Wildman–Crippen LogP) is 1.97. The highest BCUT2D eigenvalue weighted by molar-refractivity contribution is 5.46. The maximum Gasteiger partial charge on any atom is 0.0945 e. The van der Waals surface area contributed by atoms with E-state index in [0.717, 1.165) is 23.4 Å². The molecule has 0 fully saturated rings. The summed E-state index contributed by atoms with van der Waals surface area (Å²) in [4.78, 5) is 0. The molecule has 0 aliphatic rings. The molecule has 5 heteroatoms. The second-order valence-corrected chi connectivity index (χ2v) is 5.05. The molecule has 1 heterocycles. The Morgan fingerprint density at radius 1 is 1.33 bits per heavy atom. The van der Waals surface area contributed by atoms with Gasteiger partial charge in [-0.3, -0.25) is 4.68 Å². The van der Waals surface area contributed by atoms with Crippen molar-refractivity contribution in [3.63, 3.8) is 0 Å². The van der Waals surface area contributed by atoms with Crippen LogP contribution in [0.2, 0.25) is 0 Å². The SMILES string of the molecule is CCc1nn(C)cc1NCC(O)COCc1ccccc1. The molecule has 1 aromatic heterocycles. The number of rotatable bonds is 8. The highest BCUT2D eigenvalue weighted by Gasteiger charge is 2.08. The van der Waals surface area contributed by atoms with E-state index in [2.05, 4.69) is 17.3 Å². The fraction of sp³-hybridized carbons (Fsp3) is 0.438. The van der Waals surface area contributed by atoms with Gasteiger partial charge in [-0.05, 0) is 12.0 Å². The van der Waals surface area contributed by atoms with Gasteiger partial charge in [-0.1, -0.05) is 37.3 Å². The molecular formula is C16H23N3O2. The fourth-order valence-corrected chi connectivity index (χ4v) is 2.12. The summed E-state index contributed by atoms with van der Waals surface area (Å²) in [7, 11) is 1.89. The van der Waals surface area contributed by atoms with Gasteiger partial charge >= 0.3 is 0 Å². The lowest BCUT2D eigenvalue weighted by molar-refractivity contribution is 0.0348. The number of hydrogen-bond acceptors (Lipinski definition) is 4. The Morgan fingerprint density at radius 3 is 2.81 bits per heavy atom. The summed E-state index contributed by atoms with van der Waals surface area (Å²) in [6.45, 7) is 3.34. The summed E-state index contributed by atoms with van der Waals surface area (Å²) in [5.74, 6) is 0.